The fourth-order valence-electron chi connectivity index (χ4n) is 3.72. The first kappa shape index (κ1) is 21.5. The molecule has 0 heterocycles. The van der Waals surface area contributed by atoms with Crippen LogP contribution < -0.4 is 15.4 Å². The van der Waals surface area contributed by atoms with Crippen molar-refractivity contribution in [3.8, 4) is 0 Å². The topological polar surface area (TPSA) is 104 Å². The Bertz CT molecular complexity index is 1090. The third-order valence-corrected chi connectivity index (χ3v) is 7.05. The molecule has 1 saturated carbocycles. The third kappa shape index (κ3) is 5.71. The van der Waals surface area contributed by atoms with Crippen LogP contribution in [0.1, 0.15) is 53.6 Å². The Morgan fingerprint density at radius 1 is 0.968 bits per heavy atom. The van der Waals surface area contributed by atoms with Crippen molar-refractivity contribution in [3.63, 3.8) is 0 Å². The van der Waals surface area contributed by atoms with Crippen LogP contribution in [0, 0.1) is 0 Å². The maximum atomic E-state index is 12.6. The van der Waals surface area contributed by atoms with Gasteiger partial charge in [-0.25, -0.2) is 13.1 Å². The molecule has 0 spiro atoms. The average molecular weight is 442 g/mol. The van der Waals surface area contributed by atoms with Gasteiger partial charge in [-0.05, 0) is 80.0 Å². The van der Waals surface area contributed by atoms with Gasteiger partial charge in [0.2, 0.25) is 15.9 Å². The summed E-state index contributed by atoms with van der Waals surface area (Å²) >= 11 is 0. The van der Waals surface area contributed by atoms with Crippen LogP contribution >= 0.6 is 0 Å². The molecule has 0 aromatic heterocycles. The van der Waals surface area contributed by atoms with Crippen molar-refractivity contribution in [2.75, 3.05) is 11.9 Å². The molecule has 7 nitrogen and oxygen atoms in total. The molecule has 2 aromatic rings. The molecule has 31 heavy (non-hydrogen) atoms. The maximum Gasteiger partial charge on any atom is 0.251 e. The lowest BCUT2D eigenvalue weighted by Crippen LogP contribution is -2.28. The standard InChI is InChI=1S/C23H27N3O4S/c27-22(25-20-7-3-6-18(14-20)23(28)26-19-9-10-19)12-13-24-31(29,30)21-11-8-16-4-1-2-5-17(16)15-21/h3,6-8,11,14-15,19,24H,1-2,4-5,9-10,12-13H2,(H,25,27)(H,26,28). The number of carbonyl (C=O) groups excluding carboxylic acids is 2. The third-order valence-electron chi connectivity index (χ3n) is 5.60. The number of fused-ring (bicyclic) bond motifs is 1. The molecule has 0 aliphatic heterocycles. The number of sulfonamides is 1. The van der Waals surface area contributed by atoms with E-state index in [1.54, 1.807) is 36.4 Å². The molecule has 2 aromatic carbocycles. The van der Waals surface area contributed by atoms with Gasteiger partial charge in [0, 0.05) is 30.3 Å². The van der Waals surface area contributed by atoms with E-state index in [0.717, 1.165) is 44.1 Å². The summed E-state index contributed by atoms with van der Waals surface area (Å²) in [6, 6.07) is 12.2. The number of amides is 2. The van der Waals surface area contributed by atoms with E-state index in [2.05, 4.69) is 15.4 Å². The largest absolute Gasteiger partial charge is 0.349 e. The van der Waals surface area contributed by atoms with E-state index in [-0.39, 0.29) is 35.7 Å². The van der Waals surface area contributed by atoms with Crippen LogP contribution in [0.4, 0.5) is 5.69 Å². The van der Waals surface area contributed by atoms with Crippen LogP contribution in [-0.4, -0.2) is 32.8 Å². The predicted octanol–water partition coefficient (Wildman–Crippen LogP) is 2.76. The Labute approximate surface area is 182 Å². The Morgan fingerprint density at radius 2 is 1.74 bits per heavy atom. The zero-order chi connectivity index (χ0) is 21.8. The van der Waals surface area contributed by atoms with Gasteiger partial charge in [-0.2, -0.15) is 0 Å². The molecular weight excluding hydrogens is 414 g/mol. The second-order valence-electron chi connectivity index (χ2n) is 8.16. The van der Waals surface area contributed by atoms with Gasteiger partial charge in [-0.3, -0.25) is 9.59 Å². The fraction of sp³-hybridized carbons (Fsp3) is 0.391. The van der Waals surface area contributed by atoms with Crippen molar-refractivity contribution in [1.82, 2.24) is 10.0 Å². The minimum atomic E-state index is -3.67. The van der Waals surface area contributed by atoms with Crippen LogP contribution in [-0.2, 0) is 27.7 Å². The summed E-state index contributed by atoms with van der Waals surface area (Å²) in [5, 5.41) is 5.63. The smallest absolute Gasteiger partial charge is 0.251 e. The molecule has 0 bridgehead atoms. The first-order chi connectivity index (χ1) is 14.9. The van der Waals surface area contributed by atoms with E-state index in [1.165, 1.54) is 5.56 Å². The van der Waals surface area contributed by atoms with E-state index in [0.29, 0.717) is 11.3 Å². The van der Waals surface area contributed by atoms with Gasteiger partial charge in [0.05, 0.1) is 4.90 Å². The average Bonchev–Trinajstić information content (AvgIpc) is 3.57. The quantitative estimate of drug-likeness (QED) is 0.586. The molecule has 2 aliphatic rings. The molecule has 3 N–H and O–H groups in total. The van der Waals surface area contributed by atoms with Crippen LogP contribution in [0.5, 0.6) is 0 Å². The molecule has 0 saturated heterocycles. The minimum absolute atomic E-state index is 0.00684. The summed E-state index contributed by atoms with van der Waals surface area (Å²) < 4.78 is 27.7. The SMILES string of the molecule is O=C(CCNS(=O)(=O)c1ccc2c(c1)CCCC2)Nc1cccc(C(=O)NC2CC2)c1. The van der Waals surface area contributed by atoms with Gasteiger partial charge < -0.3 is 10.6 Å². The number of carbonyl (C=O) groups is 2. The summed E-state index contributed by atoms with van der Waals surface area (Å²) in [5.74, 6) is -0.482. The van der Waals surface area contributed by atoms with Crippen molar-refractivity contribution in [2.24, 2.45) is 0 Å². The predicted molar refractivity (Wildman–Crippen MR) is 118 cm³/mol. The monoisotopic (exact) mass is 441 g/mol. The van der Waals surface area contributed by atoms with Crippen molar-refractivity contribution < 1.29 is 18.0 Å². The number of aryl methyl sites for hydroxylation is 2. The highest BCUT2D eigenvalue weighted by Crippen LogP contribution is 2.24. The normalized spacial score (nSPS) is 15.7. The van der Waals surface area contributed by atoms with Crippen LogP contribution in [0.3, 0.4) is 0 Å². The summed E-state index contributed by atoms with van der Waals surface area (Å²) in [6.45, 7) is -0.00684. The lowest BCUT2D eigenvalue weighted by atomic mass is 9.92. The number of hydrogen-bond donors (Lipinski definition) is 3. The lowest BCUT2D eigenvalue weighted by molar-refractivity contribution is -0.116. The first-order valence-electron chi connectivity index (χ1n) is 10.7. The fourth-order valence-corrected chi connectivity index (χ4v) is 4.80. The lowest BCUT2D eigenvalue weighted by Gasteiger charge is -2.16. The highest BCUT2D eigenvalue weighted by molar-refractivity contribution is 7.89. The molecule has 0 radical (unpaired) electrons. The summed E-state index contributed by atoms with van der Waals surface area (Å²) in [5.41, 5.74) is 3.30. The van der Waals surface area contributed by atoms with Crippen LogP contribution in [0.25, 0.3) is 0 Å². The van der Waals surface area contributed by atoms with Crippen LogP contribution in [0.2, 0.25) is 0 Å². The minimum Gasteiger partial charge on any atom is -0.349 e. The van der Waals surface area contributed by atoms with Crippen molar-refractivity contribution >= 4 is 27.5 Å². The molecule has 0 unspecified atom stereocenters. The highest BCUT2D eigenvalue weighted by atomic mass is 32.2. The second-order valence-corrected chi connectivity index (χ2v) is 9.93. The van der Waals surface area contributed by atoms with E-state index < -0.39 is 10.0 Å². The van der Waals surface area contributed by atoms with Crippen molar-refractivity contribution in [3.05, 3.63) is 59.2 Å². The number of nitrogens with one attached hydrogen (secondary N) is 3. The van der Waals surface area contributed by atoms with Crippen molar-refractivity contribution in [1.29, 1.82) is 0 Å². The van der Waals surface area contributed by atoms with E-state index in [4.69, 9.17) is 0 Å². The van der Waals surface area contributed by atoms with Gasteiger partial charge in [0.1, 0.15) is 0 Å². The summed E-state index contributed by atoms with van der Waals surface area (Å²) in [4.78, 5) is 24.6. The molecule has 164 valence electrons. The zero-order valence-electron chi connectivity index (χ0n) is 17.3. The number of rotatable bonds is 8. The zero-order valence-corrected chi connectivity index (χ0v) is 18.1. The molecule has 4 rings (SSSR count). The number of benzene rings is 2. The molecule has 2 amide bonds. The highest BCUT2D eigenvalue weighted by Gasteiger charge is 2.24. The molecular formula is C23H27N3O4S. The first-order valence-corrected chi connectivity index (χ1v) is 12.2. The van der Waals surface area contributed by atoms with Gasteiger partial charge in [-0.15, -0.1) is 0 Å². The van der Waals surface area contributed by atoms with E-state index >= 15 is 0 Å². The van der Waals surface area contributed by atoms with E-state index in [9.17, 15) is 18.0 Å². The molecule has 1 fully saturated rings. The van der Waals surface area contributed by atoms with Gasteiger partial charge in [0.15, 0.2) is 0 Å². The Balaban J connectivity index is 1.29. The number of anilines is 1. The number of hydrogen-bond acceptors (Lipinski definition) is 4. The van der Waals surface area contributed by atoms with Gasteiger partial charge in [-0.1, -0.05) is 12.1 Å². The Morgan fingerprint density at radius 3 is 2.52 bits per heavy atom. The maximum absolute atomic E-state index is 12.6. The van der Waals surface area contributed by atoms with Crippen LogP contribution in [0.15, 0.2) is 47.4 Å². The van der Waals surface area contributed by atoms with E-state index in [1.807, 2.05) is 6.07 Å². The summed E-state index contributed by atoms with van der Waals surface area (Å²) in [7, 11) is -3.67. The molecule has 8 heteroatoms. The molecule has 2 aliphatic carbocycles. The van der Waals surface area contributed by atoms with Gasteiger partial charge >= 0.3 is 0 Å². The summed E-state index contributed by atoms with van der Waals surface area (Å²) in [6.07, 6.45) is 6.11. The molecule has 0 atom stereocenters. The van der Waals surface area contributed by atoms with Gasteiger partial charge in [0.25, 0.3) is 5.91 Å². The Hall–Kier alpha value is -2.71. The van der Waals surface area contributed by atoms with Crippen molar-refractivity contribution in [2.45, 2.75) is 55.9 Å². The Kier molecular flexibility index (Phi) is 6.38. The second kappa shape index (κ2) is 9.20.